The number of rotatable bonds is 4. The number of para-hydroxylation sites is 1. The summed E-state index contributed by atoms with van der Waals surface area (Å²) in [5.74, 6) is 0.590. The second kappa shape index (κ2) is 6.80. The summed E-state index contributed by atoms with van der Waals surface area (Å²) in [6, 6.07) is 6.46. The number of nitrogens with zero attached hydrogens (tertiary/aromatic N) is 1. The van der Waals surface area contributed by atoms with Crippen LogP contribution in [0.15, 0.2) is 24.3 Å². The molecule has 5 fully saturated rings. The van der Waals surface area contributed by atoms with Gasteiger partial charge in [0.25, 0.3) is 5.91 Å². The quantitative estimate of drug-likeness (QED) is 0.709. The molecule has 3 unspecified atom stereocenters. The molecule has 1 aromatic carbocycles. The fourth-order valence-electron chi connectivity index (χ4n) is 6.91. The summed E-state index contributed by atoms with van der Waals surface area (Å²) in [7, 11) is 0. The van der Waals surface area contributed by atoms with Crippen molar-refractivity contribution in [2.45, 2.75) is 63.5 Å². The van der Waals surface area contributed by atoms with Crippen LogP contribution in [0.2, 0.25) is 0 Å². The molecule has 4 aliphatic carbocycles. The second-order valence-electron chi connectivity index (χ2n) is 10.0. The molecule has 7 heteroatoms. The Labute approximate surface area is 176 Å². The molecule has 1 heterocycles. The maximum atomic E-state index is 13.3. The van der Waals surface area contributed by atoms with Crippen molar-refractivity contribution in [3.8, 4) is 0 Å². The van der Waals surface area contributed by atoms with Gasteiger partial charge in [-0.3, -0.25) is 19.8 Å². The summed E-state index contributed by atoms with van der Waals surface area (Å²) in [6.45, 7) is 2.31. The third-order valence-electron chi connectivity index (χ3n) is 7.84. The topological polar surface area (TPSA) is 98.7 Å². The molecule has 6 rings (SSSR count). The van der Waals surface area contributed by atoms with Gasteiger partial charge in [-0.1, -0.05) is 12.1 Å². The van der Waals surface area contributed by atoms with E-state index >= 15 is 0 Å². The molecule has 5 aliphatic rings. The molecule has 0 aromatic heterocycles. The number of anilines is 1. The van der Waals surface area contributed by atoms with E-state index in [4.69, 9.17) is 0 Å². The Morgan fingerprint density at radius 3 is 2.57 bits per heavy atom. The fraction of sp³-hybridized carbons (Fsp3) is 0.609. The number of benzene rings is 1. The maximum Gasteiger partial charge on any atom is 0.328 e. The first kappa shape index (κ1) is 19.5. The molecule has 3 N–H and O–H groups in total. The molecule has 4 saturated carbocycles. The van der Waals surface area contributed by atoms with Crippen LogP contribution in [0, 0.1) is 17.3 Å². The molecular formula is C23H29N3O4. The Hall–Kier alpha value is -2.41. The van der Waals surface area contributed by atoms with Crippen molar-refractivity contribution in [2.24, 2.45) is 17.3 Å². The molecule has 7 nitrogen and oxygen atoms in total. The Morgan fingerprint density at radius 2 is 1.90 bits per heavy atom. The van der Waals surface area contributed by atoms with Gasteiger partial charge in [-0.2, -0.15) is 0 Å². The number of carbonyl (C=O) groups is 3. The van der Waals surface area contributed by atoms with Gasteiger partial charge < -0.3 is 10.4 Å². The van der Waals surface area contributed by atoms with Gasteiger partial charge in [0.15, 0.2) is 0 Å². The monoisotopic (exact) mass is 411 g/mol. The van der Waals surface area contributed by atoms with Crippen molar-refractivity contribution in [1.29, 1.82) is 0 Å². The lowest BCUT2D eigenvalue weighted by Gasteiger charge is -2.62. The molecule has 4 amide bonds. The van der Waals surface area contributed by atoms with E-state index in [1.54, 1.807) is 24.3 Å². The zero-order valence-electron chi connectivity index (χ0n) is 17.3. The van der Waals surface area contributed by atoms with Gasteiger partial charge in [0.05, 0.1) is 16.9 Å². The highest BCUT2D eigenvalue weighted by molar-refractivity contribution is 6.09. The number of hydrogen-bond acceptors (Lipinski definition) is 4. The molecule has 0 spiro atoms. The number of amides is 4. The minimum absolute atomic E-state index is 0.0572. The van der Waals surface area contributed by atoms with E-state index in [0.29, 0.717) is 23.1 Å². The second-order valence-corrected chi connectivity index (χ2v) is 10.0. The predicted octanol–water partition coefficient (Wildman–Crippen LogP) is 2.58. The lowest BCUT2D eigenvalue weighted by molar-refractivity contribution is -0.171. The Bertz CT molecular complexity index is 899. The zero-order chi connectivity index (χ0) is 21.1. The number of imide groups is 1. The lowest BCUT2D eigenvalue weighted by atomic mass is 9.46. The summed E-state index contributed by atoms with van der Waals surface area (Å²) < 4.78 is 0. The first-order chi connectivity index (χ1) is 14.3. The fourth-order valence-corrected chi connectivity index (χ4v) is 6.91. The van der Waals surface area contributed by atoms with Crippen molar-refractivity contribution in [3.63, 3.8) is 0 Å². The van der Waals surface area contributed by atoms with Crippen LogP contribution >= 0.6 is 0 Å². The highest BCUT2D eigenvalue weighted by Gasteiger charge is 2.59. The number of aliphatic hydroxyl groups is 1. The van der Waals surface area contributed by atoms with Crippen molar-refractivity contribution in [3.05, 3.63) is 29.8 Å². The van der Waals surface area contributed by atoms with Gasteiger partial charge >= 0.3 is 6.03 Å². The molecule has 0 radical (unpaired) electrons. The minimum atomic E-state index is -0.570. The Balaban J connectivity index is 1.36. The number of urea groups is 1. The van der Waals surface area contributed by atoms with Crippen molar-refractivity contribution in [2.75, 3.05) is 11.4 Å². The van der Waals surface area contributed by atoms with Crippen LogP contribution in [-0.4, -0.2) is 41.1 Å². The van der Waals surface area contributed by atoms with E-state index in [0.717, 1.165) is 32.1 Å². The van der Waals surface area contributed by atoms with Crippen LogP contribution in [-0.2, 0) is 4.79 Å². The van der Waals surface area contributed by atoms with E-state index in [2.05, 4.69) is 17.6 Å². The van der Waals surface area contributed by atoms with Crippen LogP contribution in [0.5, 0.6) is 0 Å². The molecule has 4 bridgehead atoms. The Kier molecular flexibility index (Phi) is 4.43. The first-order valence-electron chi connectivity index (χ1n) is 11.0. The summed E-state index contributed by atoms with van der Waals surface area (Å²) in [5.41, 5.74) is 0.311. The smallest absolute Gasteiger partial charge is 0.328 e. The number of nitrogens with one attached hydrogen (secondary N) is 2. The summed E-state index contributed by atoms with van der Waals surface area (Å²) >= 11 is 0. The van der Waals surface area contributed by atoms with Crippen molar-refractivity contribution >= 4 is 23.5 Å². The molecule has 30 heavy (non-hydrogen) atoms. The van der Waals surface area contributed by atoms with E-state index in [1.807, 2.05) is 0 Å². The molecule has 1 aromatic rings. The standard InChI is InChI=1S/C23H29N3O4/c1-14(22-9-15-8-16(10-22)12-23(30,11-15)13-22)24-20(28)17-4-2-3-5-18(17)26-7-6-19(27)25-21(26)29/h2-5,14-16,30H,6-13H2,1H3,(H,24,28)(H,25,27,29). The van der Waals surface area contributed by atoms with Gasteiger partial charge in [0, 0.05) is 19.0 Å². The largest absolute Gasteiger partial charge is 0.390 e. The summed E-state index contributed by atoms with van der Waals surface area (Å²) in [5, 5.41) is 16.6. The minimum Gasteiger partial charge on any atom is -0.390 e. The summed E-state index contributed by atoms with van der Waals surface area (Å²) in [6.07, 6.45) is 6.10. The van der Waals surface area contributed by atoms with Gasteiger partial charge in [-0.15, -0.1) is 0 Å². The van der Waals surface area contributed by atoms with E-state index in [1.165, 1.54) is 11.3 Å². The van der Waals surface area contributed by atoms with E-state index in [9.17, 15) is 19.5 Å². The normalized spacial score (nSPS) is 35.9. The number of carbonyl (C=O) groups excluding carboxylic acids is 3. The first-order valence-corrected chi connectivity index (χ1v) is 11.0. The molecule has 3 atom stereocenters. The van der Waals surface area contributed by atoms with Crippen LogP contribution in [0.4, 0.5) is 10.5 Å². The molecule has 1 saturated heterocycles. The predicted molar refractivity (Wildman–Crippen MR) is 111 cm³/mol. The highest BCUT2D eigenvalue weighted by Crippen LogP contribution is 2.62. The molecule has 160 valence electrons. The zero-order valence-corrected chi connectivity index (χ0v) is 17.3. The maximum absolute atomic E-state index is 13.3. The summed E-state index contributed by atoms with van der Waals surface area (Å²) in [4.78, 5) is 38.5. The third kappa shape index (κ3) is 3.20. The molecule has 1 aliphatic heterocycles. The van der Waals surface area contributed by atoms with Crippen LogP contribution in [0.1, 0.15) is 62.2 Å². The molecular weight excluding hydrogens is 382 g/mol. The van der Waals surface area contributed by atoms with Crippen LogP contribution in [0.3, 0.4) is 0 Å². The number of hydrogen-bond donors (Lipinski definition) is 3. The van der Waals surface area contributed by atoms with Crippen LogP contribution < -0.4 is 15.5 Å². The average molecular weight is 412 g/mol. The average Bonchev–Trinajstić information content (AvgIpc) is 2.66. The third-order valence-corrected chi connectivity index (χ3v) is 7.84. The van der Waals surface area contributed by atoms with Gasteiger partial charge in [-0.05, 0) is 74.8 Å². The van der Waals surface area contributed by atoms with Gasteiger partial charge in [-0.25, -0.2) is 4.79 Å². The lowest BCUT2D eigenvalue weighted by Crippen LogP contribution is -2.61. The van der Waals surface area contributed by atoms with Crippen molar-refractivity contribution < 1.29 is 19.5 Å². The van der Waals surface area contributed by atoms with Gasteiger partial charge in [0.1, 0.15) is 0 Å². The van der Waals surface area contributed by atoms with E-state index in [-0.39, 0.29) is 36.2 Å². The highest BCUT2D eigenvalue weighted by atomic mass is 16.3. The van der Waals surface area contributed by atoms with Crippen molar-refractivity contribution in [1.82, 2.24) is 10.6 Å². The van der Waals surface area contributed by atoms with Gasteiger partial charge in [0.2, 0.25) is 5.91 Å². The Morgan fingerprint density at radius 1 is 1.20 bits per heavy atom. The SMILES string of the molecule is CC(NC(=O)c1ccccc1N1CCC(=O)NC1=O)C12CC3CC(CC(O)(C3)C1)C2. The van der Waals surface area contributed by atoms with E-state index < -0.39 is 11.6 Å². The van der Waals surface area contributed by atoms with Crippen LogP contribution in [0.25, 0.3) is 0 Å².